The minimum absolute atomic E-state index is 0.142. The summed E-state index contributed by atoms with van der Waals surface area (Å²) in [5.74, 6) is -0.405. The van der Waals surface area contributed by atoms with Crippen LogP contribution in [-0.4, -0.2) is 20.9 Å². The summed E-state index contributed by atoms with van der Waals surface area (Å²) in [5, 5.41) is 2.75. The largest absolute Gasteiger partial charge is 0.324 e. The number of carbonyl (C=O) groups is 1. The average Bonchev–Trinajstić information content (AvgIpc) is 2.50. The normalized spacial score (nSPS) is 11.3. The third-order valence-electron chi connectivity index (χ3n) is 3.50. The first-order valence-corrected chi connectivity index (χ1v) is 8.70. The van der Waals surface area contributed by atoms with Crippen molar-refractivity contribution in [2.24, 2.45) is 0 Å². The van der Waals surface area contributed by atoms with Gasteiger partial charge in [-0.25, -0.2) is 13.1 Å². The van der Waals surface area contributed by atoms with Crippen LogP contribution in [0, 0.1) is 20.8 Å². The Morgan fingerprint density at radius 3 is 2.09 bits per heavy atom. The Morgan fingerprint density at radius 1 is 0.957 bits per heavy atom. The molecule has 122 valence electrons. The lowest BCUT2D eigenvalue weighted by Crippen LogP contribution is -2.33. The van der Waals surface area contributed by atoms with E-state index >= 15 is 0 Å². The van der Waals surface area contributed by atoms with Crippen molar-refractivity contribution in [1.29, 1.82) is 0 Å². The van der Waals surface area contributed by atoms with Crippen molar-refractivity contribution in [3.63, 3.8) is 0 Å². The Morgan fingerprint density at radius 2 is 1.52 bits per heavy atom. The molecule has 0 fully saturated rings. The number of amides is 1. The first kappa shape index (κ1) is 17.2. The molecule has 0 saturated carbocycles. The van der Waals surface area contributed by atoms with Gasteiger partial charge in [0.25, 0.3) is 0 Å². The van der Waals surface area contributed by atoms with Gasteiger partial charge < -0.3 is 5.32 Å². The maximum absolute atomic E-state index is 12.1. The van der Waals surface area contributed by atoms with Crippen LogP contribution in [0.4, 0.5) is 5.69 Å². The summed E-state index contributed by atoms with van der Waals surface area (Å²) in [5.41, 5.74) is 3.54. The molecule has 0 spiro atoms. The average molecular weight is 332 g/mol. The zero-order chi connectivity index (χ0) is 17.0. The van der Waals surface area contributed by atoms with Crippen molar-refractivity contribution in [3.8, 4) is 0 Å². The fraction of sp³-hybridized carbons (Fsp3) is 0.235. The van der Waals surface area contributed by atoms with Crippen molar-refractivity contribution in [2.75, 3.05) is 11.9 Å². The van der Waals surface area contributed by atoms with Gasteiger partial charge in [-0.15, -0.1) is 0 Å². The third kappa shape index (κ3) is 4.40. The molecule has 6 heteroatoms. The Balaban J connectivity index is 2.03. The second-order valence-electron chi connectivity index (χ2n) is 5.45. The maximum Gasteiger partial charge on any atom is 0.241 e. The lowest BCUT2D eigenvalue weighted by Gasteiger charge is -2.12. The molecule has 2 N–H and O–H groups in total. The predicted octanol–water partition coefficient (Wildman–Crippen LogP) is 2.53. The Hall–Kier alpha value is -2.18. The fourth-order valence-electron chi connectivity index (χ4n) is 2.16. The standard InChI is InChI=1S/C17H20N2O3S/c1-12-7-9-15(10-8-12)23(21,22)18-11-16(20)19-17-13(2)5-4-6-14(17)3/h4-10,18H,11H2,1-3H3,(H,19,20). The summed E-state index contributed by atoms with van der Waals surface area (Å²) in [6, 6.07) is 12.1. The number of rotatable bonds is 5. The number of hydrogen-bond acceptors (Lipinski definition) is 3. The zero-order valence-electron chi connectivity index (χ0n) is 13.4. The highest BCUT2D eigenvalue weighted by atomic mass is 32.2. The van der Waals surface area contributed by atoms with Crippen LogP contribution in [0.5, 0.6) is 0 Å². The van der Waals surface area contributed by atoms with Gasteiger partial charge in [0.2, 0.25) is 15.9 Å². The van der Waals surface area contributed by atoms with Gasteiger partial charge in [0.15, 0.2) is 0 Å². The molecule has 23 heavy (non-hydrogen) atoms. The molecule has 2 aromatic carbocycles. The summed E-state index contributed by atoms with van der Waals surface area (Å²) in [6.07, 6.45) is 0. The topological polar surface area (TPSA) is 75.3 Å². The number of sulfonamides is 1. The molecule has 2 rings (SSSR count). The molecular weight excluding hydrogens is 312 g/mol. The maximum atomic E-state index is 12.1. The minimum Gasteiger partial charge on any atom is -0.324 e. The first-order chi connectivity index (χ1) is 10.8. The number of anilines is 1. The van der Waals surface area contributed by atoms with Crippen molar-refractivity contribution < 1.29 is 13.2 Å². The van der Waals surface area contributed by atoms with Crippen LogP contribution in [-0.2, 0) is 14.8 Å². The van der Waals surface area contributed by atoms with Gasteiger partial charge in [-0.3, -0.25) is 4.79 Å². The van der Waals surface area contributed by atoms with Gasteiger partial charge >= 0.3 is 0 Å². The number of nitrogens with one attached hydrogen (secondary N) is 2. The van der Waals surface area contributed by atoms with Gasteiger partial charge in [0.1, 0.15) is 0 Å². The van der Waals surface area contributed by atoms with Crippen LogP contribution in [0.1, 0.15) is 16.7 Å². The molecule has 0 saturated heterocycles. The van der Waals surface area contributed by atoms with Gasteiger partial charge in [-0.2, -0.15) is 0 Å². The molecule has 0 heterocycles. The van der Waals surface area contributed by atoms with Crippen LogP contribution in [0.25, 0.3) is 0 Å². The minimum atomic E-state index is -3.70. The van der Waals surface area contributed by atoms with Crippen molar-refractivity contribution in [3.05, 3.63) is 59.2 Å². The number of benzene rings is 2. The van der Waals surface area contributed by atoms with E-state index in [9.17, 15) is 13.2 Å². The van der Waals surface area contributed by atoms with Gasteiger partial charge in [-0.1, -0.05) is 35.9 Å². The summed E-state index contributed by atoms with van der Waals surface area (Å²) < 4.78 is 26.6. The smallest absolute Gasteiger partial charge is 0.241 e. The molecule has 0 unspecified atom stereocenters. The van der Waals surface area contributed by atoms with E-state index in [1.807, 2.05) is 39.0 Å². The molecule has 0 bridgehead atoms. The predicted molar refractivity (Wildman–Crippen MR) is 90.9 cm³/mol. The highest BCUT2D eigenvalue weighted by molar-refractivity contribution is 7.89. The molecular formula is C17H20N2O3S. The van der Waals surface area contributed by atoms with Crippen molar-refractivity contribution in [1.82, 2.24) is 4.72 Å². The van der Waals surface area contributed by atoms with E-state index in [2.05, 4.69) is 10.0 Å². The second kappa shape index (κ2) is 6.93. The molecule has 0 aliphatic carbocycles. The number of hydrogen-bond donors (Lipinski definition) is 2. The van der Waals surface area contributed by atoms with Gasteiger partial charge in [0.05, 0.1) is 11.4 Å². The van der Waals surface area contributed by atoms with Crippen LogP contribution in [0.3, 0.4) is 0 Å². The Kier molecular flexibility index (Phi) is 5.18. The van der Waals surface area contributed by atoms with E-state index in [1.165, 1.54) is 12.1 Å². The summed E-state index contributed by atoms with van der Waals surface area (Å²) >= 11 is 0. The third-order valence-corrected chi connectivity index (χ3v) is 4.92. The van der Waals surface area contributed by atoms with Crippen molar-refractivity contribution >= 4 is 21.6 Å². The lowest BCUT2D eigenvalue weighted by atomic mass is 10.1. The van der Waals surface area contributed by atoms with E-state index in [0.717, 1.165) is 16.7 Å². The zero-order valence-corrected chi connectivity index (χ0v) is 14.2. The molecule has 0 radical (unpaired) electrons. The van der Waals surface area contributed by atoms with E-state index in [1.54, 1.807) is 12.1 Å². The summed E-state index contributed by atoms with van der Waals surface area (Å²) in [6.45, 7) is 5.34. The van der Waals surface area contributed by atoms with Gasteiger partial charge in [-0.05, 0) is 44.0 Å². The quantitative estimate of drug-likeness (QED) is 0.883. The van der Waals surface area contributed by atoms with Crippen molar-refractivity contribution in [2.45, 2.75) is 25.7 Å². The van der Waals surface area contributed by atoms with Crippen LogP contribution in [0.2, 0.25) is 0 Å². The Bertz CT molecular complexity index is 792. The van der Waals surface area contributed by atoms with E-state index in [0.29, 0.717) is 5.69 Å². The second-order valence-corrected chi connectivity index (χ2v) is 7.22. The van der Waals surface area contributed by atoms with Crippen LogP contribution in [0.15, 0.2) is 47.4 Å². The number of carbonyl (C=O) groups excluding carboxylic acids is 1. The number of para-hydroxylation sites is 1. The summed E-state index contributed by atoms with van der Waals surface area (Å²) in [7, 11) is -3.70. The van der Waals surface area contributed by atoms with Crippen LogP contribution < -0.4 is 10.0 Å². The first-order valence-electron chi connectivity index (χ1n) is 7.22. The molecule has 0 aliphatic rings. The molecule has 1 amide bonds. The monoisotopic (exact) mass is 332 g/mol. The highest BCUT2D eigenvalue weighted by Gasteiger charge is 2.16. The number of aryl methyl sites for hydroxylation is 3. The molecule has 0 atom stereocenters. The SMILES string of the molecule is Cc1ccc(S(=O)(=O)NCC(=O)Nc2c(C)cccc2C)cc1. The highest BCUT2D eigenvalue weighted by Crippen LogP contribution is 2.19. The van der Waals surface area contributed by atoms with Crippen LogP contribution >= 0.6 is 0 Å². The van der Waals surface area contributed by atoms with Gasteiger partial charge in [0, 0.05) is 5.69 Å². The summed E-state index contributed by atoms with van der Waals surface area (Å²) in [4.78, 5) is 12.2. The molecule has 5 nitrogen and oxygen atoms in total. The van der Waals surface area contributed by atoms with E-state index in [4.69, 9.17) is 0 Å². The fourth-order valence-corrected chi connectivity index (χ4v) is 3.14. The molecule has 0 aliphatic heterocycles. The molecule has 0 aromatic heterocycles. The van der Waals surface area contributed by atoms with E-state index in [-0.39, 0.29) is 11.4 Å². The molecule has 2 aromatic rings. The van der Waals surface area contributed by atoms with E-state index < -0.39 is 15.9 Å². The Labute approximate surface area is 136 Å². The lowest BCUT2D eigenvalue weighted by molar-refractivity contribution is -0.115.